The second-order valence-electron chi connectivity index (χ2n) is 10.9. The van der Waals surface area contributed by atoms with Crippen LogP contribution in [0.5, 0.6) is 0 Å². The lowest BCUT2D eigenvalue weighted by Gasteiger charge is -2.44. The molecule has 3 fully saturated rings. The van der Waals surface area contributed by atoms with Crippen molar-refractivity contribution in [2.75, 3.05) is 5.75 Å². The minimum Gasteiger partial charge on any atom is -0.393 e. The molecular formula is C28H46O3S. The van der Waals surface area contributed by atoms with Gasteiger partial charge in [0, 0.05) is 11.7 Å². The van der Waals surface area contributed by atoms with E-state index in [0.717, 1.165) is 48.5 Å². The molecule has 0 radical (unpaired) electrons. The zero-order valence-corrected chi connectivity index (χ0v) is 21.6. The van der Waals surface area contributed by atoms with Gasteiger partial charge in [-0.1, -0.05) is 52.0 Å². The molecule has 0 spiro atoms. The zero-order chi connectivity index (χ0) is 23.5. The molecule has 0 unspecified atom stereocenters. The first-order valence-electron chi connectivity index (χ1n) is 12.9. The smallest absolute Gasteiger partial charge is 0.0811 e. The lowest BCUT2D eigenvalue weighted by Crippen LogP contribution is -2.37. The molecule has 0 saturated heterocycles. The van der Waals surface area contributed by atoms with Crippen molar-refractivity contribution >= 4 is 11.8 Å². The molecule has 0 aromatic carbocycles. The molecule has 3 rings (SSSR count). The number of allylic oxidation sites excluding steroid dienone is 3. The van der Waals surface area contributed by atoms with Gasteiger partial charge in [-0.2, -0.15) is 11.8 Å². The fraction of sp³-hybridized carbons (Fsp3) is 0.786. The second-order valence-corrected chi connectivity index (χ2v) is 12.4. The summed E-state index contributed by atoms with van der Waals surface area (Å²) in [6, 6.07) is 0. The first kappa shape index (κ1) is 26.1. The largest absolute Gasteiger partial charge is 0.393 e. The Kier molecular flexibility index (Phi) is 8.80. The summed E-state index contributed by atoms with van der Waals surface area (Å²) >= 11 is 2.07. The third kappa shape index (κ3) is 5.56. The van der Waals surface area contributed by atoms with Gasteiger partial charge in [-0.3, -0.25) is 0 Å². The van der Waals surface area contributed by atoms with E-state index in [9.17, 15) is 15.3 Å². The highest BCUT2D eigenvalue weighted by atomic mass is 32.2. The number of hydrogen-bond donors (Lipinski definition) is 3. The van der Waals surface area contributed by atoms with E-state index in [1.165, 1.54) is 25.7 Å². The van der Waals surface area contributed by atoms with Gasteiger partial charge in [0.15, 0.2) is 0 Å². The van der Waals surface area contributed by atoms with Crippen LogP contribution in [-0.2, 0) is 0 Å². The average Bonchev–Trinajstić information content (AvgIpc) is 3.12. The van der Waals surface area contributed by atoms with Crippen LogP contribution in [-0.4, -0.2) is 44.1 Å². The minimum atomic E-state index is -0.619. The predicted molar refractivity (Wildman–Crippen MR) is 137 cm³/mol. The summed E-state index contributed by atoms with van der Waals surface area (Å²) in [5.41, 5.74) is 3.20. The summed E-state index contributed by atoms with van der Waals surface area (Å²) < 4.78 is 0. The molecule has 0 heterocycles. The predicted octanol–water partition coefficient (Wildman–Crippen LogP) is 6.19. The van der Waals surface area contributed by atoms with Gasteiger partial charge >= 0.3 is 0 Å². The van der Waals surface area contributed by atoms with E-state index >= 15 is 0 Å². The van der Waals surface area contributed by atoms with Crippen molar-refractivity contribution in [3.05, 3.63) is 35.5 Å². The Balaban J connectivity index is 1.67. The fourth-order valence-electron chi connectivity index (χ4n) is 6.67. The minimum absolute atomic E-state index is 0.351. The van der Waals surface area contributed by atoms with E-state index in [1.807, 2.05) is 0 Å². The second kappa shape index (κ2) is 10.8. The maximum atomic E-state index is 10.6. The number of hydrogen-bond acceptors (Lipinski definition) is 4. The molecule has 3 saturated carbocycles. The Morgan fingerprint density at radius 1 is 1.22 bits per heavy atom. The van der Waals surface area contributed by atoms with Gasteiger partial charge in [-0.25, -0.2) is 0 Å². The summed E-state index contributed by atoms with van der Waals surface area (Å²) in [6.07, 6.45) is 13.2. The van der Waals surface area contributed by atoms with Crippen LogP contribution in [0, 0.1) is 17.3 Å². The highest BCUT2D eigenvalue weighted by Crippen LogP contribution is 2.59. The average molecular weight is 463 g/mol. The van der Waals surface area contributed by atoms with Crippen molar-refractivity contribution in [1.29, 1.82) is 0 Å². The Labute approximate surface area is 200 Å². The third-order valence-corrected chi connectivity index (χ3v) is 10.4. The van der Waals surface area contributed by atoms with Gasteiger partial charge in [-0.05, 0) is 91.9 Å². The molecule has 4 heteroatoms. The highest BCUT2D eigenvalue weighted by molar-refractivity contribution is 7.99. The molecule has 3 aliphatic rings. The molecule has 0 aliphatic heterocycles. The first-order valence-corrected chi connectivity index (χ1v) is 14.0. The van der Waals surface area contributed by atoms with Crippen LogP contribution in [0.1, 0.15) is 91.9 Å². The zero-order valence-electron chi connectivity index (χ0n) is 20.8. The number of thioether (sulfide) groups is 1. The maximum Gasteiger partial charge on any atom is 0.0811 e. The van der Waals surface area contributed by atoms with Crippen LogP contribution >= 0.6 is 11.8 Å². The topological polar surface area (TPSA) is 60.7 Å². The van der Waals surface area contributed by atoms with Crippen molar-refractivity contribution in [3.8, 4) is 0 Å². The van der Waals surface area contributed by atoms with E-state index in [2.05, 4.69) is 58.2 Å². The molecule has 3 nitrogen and oxygen atoms in total. The van der Waals surface area contributed by atoms with Crippen LogP contribution in [0.15, 0.2) is 35.5 Å². The first-order chi connectivity index (χ1) is 15.1. The monoisotopic (exact) mass is 462 g/mol. The molecule has 3 aliphatic carbocycles. The highest BCUT2D eigenvalue weighted by Gasteiger charge is 2.50. The number of aliphatic hydroxyl groups is 3. The maximum absolute atomic E-state index is 10.6. The molecule has 0 aromatic heterocycles. The van der Waals surface area contributed by atoms with Gasteiger partial charge in [-0.15, -0.1) is 0 Å². The molecule has 0 bridgehead atoms. The quantitative estimate of drug-likeness (QED) is 0.402. The van der Waals surface area contributed by atoms with Crippen molar-refractivity contribution in [2.24, 2.45) is 17.3 Å². The Hall–Kier alpha value is -0.550. The summed E-state index contributed by atoms with van der Waals surface area (Å²) in [6.45, 7) is 13.2. The third-order valence-electron chi connectivity index (χ3n) is 9.13. The number of fused-ring (bicyclic) bond motifs is 1. The van der Waals surface area contributed by atoms with Gasteiger partial charge in [0.1, 0.15) is 0 Å². The van der Waals surface area contributed by atoms with Crippen LogP contribution in [0.25, 0.3) is 0 Å². The summed E-state index contributed by atoms with van der Waals surface area (Å²) in [4.78, 5) is 0. The molecule has 3 N–H and O–H groups in total. The Morgan fingerprint density at radius 3 is 2.62 bits per heavy atom. The van der Waals surface area contributed by atoms with Crippen LogP contribution in [0.3, 0.4) is 0 Å². The van der Waals surface area contributed by atoms with Gasteiger partial charge < -0.3 is 15.3 Å². The normalized spacial score (nSPS) is 37.2. The van der Waals surface area contributed by atoms with Crippen molar-refractivity contribution < 1.29 is 15.3 Å². The van der Waals surface area contributed by atoms with Crippen molar-refractivity contribution in [1.82, 2.24) is 0 Å². The van der Waals surface area contributed by atoms with E-state index in [0.29, 0.717) is 29.4 Å². The number of rotatable bonds is 8. The molecule has 0 aromatic rings. The van der Waals surface area contributed by atoms with E-state index in [4.69, 9.17) is 0 Å². The van der Waals surface area contributed by atoms with Crippen LogP contribution in [0.2, 0.25) is 0 Å². The molecular weight excluding hydrogens is 416 g/mol. The number of aliphatic hydroxyl groups excluding tert-OH is 2. The summed E-state index contributed by atoms with van der Waals surface area (Å²) in [5.74, 6) is 2.40. The summed E-state index contributed by atoms with van der Waals surface area (Å²) in [7, 11) is 0. The van der Waals surface area contributed by atoms with Gasteiger partial charge in [0.25, 0.3) is 0 Å². The van der Waals surface area contributed by atoms with Crippen molar-refractivity contribution in [2.45, 2.75) is 115 Å². The molecule has 6 atom stereocenters. The van der Waals surface area contributed by atoms with Gasteiger partial charge in [0.2, 0.25) is 0 Å². The SMILES string of the molecule is C=C1C(=CC=C2CCC[C@]3(C)[C@@H]([C@H](C)SCCC(O)(CC)CC)CC[C@@H]23)C[C@@H](O)C[C@@H]1O. The van der Waals surface area contributed by atoms with E-state index < -0.39 is 17.8 Å². The van der Waals surface area contributed by atoms with Crippen LogP contribution < -0.4 is 0 Å². The Bertz CT molecular complexity index is 722. The standard InChI is InChI=1S/C28H46O3S/c1-6-28(31,7-2)15-16-32-20(4)24-12-13-25-21(9-8-14-27(24,25)5)10-11-22-17-23(29)18-26(30)19(22)3/h10-11,20,23-26,29-31H,3,6-9,12-18H2,1-2,4-5H3/t20-,23+,24+,25-,26-,27+/m0/s1. The molecule has 0 amide bonds. The summed E-state index contributed by atoms with van der Waals surface area (Å²) in [5, 5.41) is 31.5. The van der Waals surface area contributed by atoms with Gasteiger partial charge in [0.05, 0.1) is 17.8 Å². The van der Waals surface area contributed by atoms with Crippen LogP contribution in [0.4, 0.5) is 0 Å². The van der Waals surface area contributed by atoms with E-state index in [-0.39, 0.29) is 0 Å². The van der Waals surface area contributed by atoms with Crippen molar-refractivity contribution in [3.63, 3.8) is 0 Å². The Morgan fingerprint density at radius 2 is 1.94 bits per heavy atom. The van der Waals surface area contributed by atoms with E-state index in [1.54, 1.807) is 5.57 Å². The molecule has 182 valence electrons. The lowest BCUT2D eigenvalue weighted by molar-refractivity contribution is 0.0296. The molecule has 32 heavy (non-hydrogen) atoms. The fourth-order valence-corrected chi connectivity index (χ4v) is 8.22. The lowest BCUT2D eigenvalue weighted by atomic mass is 9.63.